The number of aldehydes is 1. The predicted octanol–water partition coefficient (Wildman–Crippen LogP) is 2.84. The molecule has 0 saturated carbocycles. The third-order valence-electron chi connectivity index (χ3n) is 4.51. The van der Waals surface area contributed by atoms with Crippen molar-refractivity contribution in [2.45, 2.75) is 62.8 Å². The lowest BCUT2D eigenvalue weighted by Crippen LogP contribution is -2.50. The first-order valence-electron chi connectivity index (χ1n) is 9.59. The second-order valence-corrected chi connectivity index (χ2v) is 9.79. The molecule has 2 amide bonds. The average Bonchev–Trinajstić information content (AvgIpc) is 3.19. The summed E-state index contributed by atoms with van der Waals surface area (Å²) in [5.74, 6) is 0.803. The van der Waals surface area contributed by atoms with E-state index in [4.69, 9.17) is 0 Å². The van der Waals surface area contributed by atoms with Crippen molar-refractivity contribution in [3.8, 4) is 5.75 Å². The molecule has 1 fully saturated rings. The highest BCUT2D eigenvalue weighted by Gasteiger charge is 2.22. The minimum Gasteiger partial charge on any atom is -0.508 e. The van der Waals surface area contributed by atoms with Gasteiger partial charge in [-0.25, -0.2) is 0 Å². The Balaban J connectivity index is 1.85. The number of carbonyl (C=O) groups is 3. The van der Waals surface area contributed by atoms with E-state index in [9.17, 15) is 19.5 Å². The molecule has 0 bridgehead atoms. The maximum atomic E-state index is 12.5. The maximum Gasteiger partial charge on any atom is 0.243 e. The van der Waals surface area contributed by atoms with Crippen LogP contribution in [0.2, 0.25) is 0 Å². The number of nitrogens with one attached hydrogen (secondary N) is 2. The lowest BCUT2D eigenvalue weighted by molar-refractivity contribution is -0.130. The Morgan fingerprint density at radius 1 is 1.25 bits per heavy atom. The molecule has 1 aliphatic rings. The summed E-state index contributed by atoms with van der Waals surface area (Å²) in [4.78, 5) is 35.7. The van der Waals surface area contributed by atoms with Gasteiger partial charge in [-0.15, -0.1) is 0 Å². The van der Waals surface area contributed by atoms with E-state index in [1.165, 1.54) is 12.2 Å². The quantitative estimate of drug-likeness (QED) is 0.287. The highest BCUT2D eigenvalue weighted by molar-refractivity contribution is 8.77. The van der Waals surface area contributed by atoms with Gasteiger partial charge in [0.05, 0.1) is 6.04 Å². The van der Waals surface area contributed by atoms with Gasteiger partial charge >= 0.3 is 0 Å². The molecule has 3 unspecified atom stereocenters. The summed E-state index contributed by atoms with van der Waals surface area (Å²) in [7, 11) is 3.86. The van der Waals surface area contributed by atoms with E-state index in [2.05, 4.69) is 10.6 Å². The summed E-state index contributed by atoms with van der Waals surface area (Å²) >= 11 is 0. The van der Waals surface area contributed by atoms with Crippen LogP contribution in [0.3, 0.4) is 0 Å². The van der Waals surface area contributed by atoms with Gasteiger partial charge in [0.25, 0.3) is 0 Å². The molecule has 1 aromatic carbocycles. The monoisotopic (exact) mass is 424 g/mol. The standard InChI is InChI=1S/C20H28N2O4S2/c1-14(13-23)21-20(26)18(12-15-6-8-16(24)9-7-15)22-19(25)5-3-2-4-17-10-11-27-28-17/h6-9,13-14,17-18,24H,2-5,10-12H2,1H3,(H,21,26)(H,22,25). The Morgan fingerprint density at radius 2 is 2.00 bits per heavy atom. The lowest BCUT2D eigenvalue weighted by atomic mass is 10.0. The maximum absolute atomic E-state index is 12.5. The highest BCUT2D eigenvalue weighted by atomic mass is 33.1. The highest BCUT2D eigenvalue weighted by Crippen LogP contribution is 2.39. The van der Waals surface area contributed by atoms with Gasteiger partial charge in [-0.05, 0) is 43.9 Å². The van der Waals surface area contributed by atoms with Gasteiger partial charge in [0.2, 0.25) is 11.8 Å². The van der Waals surface area contributed by atoms with E-state index >= 15 is 0 Å². The van der Waals surface area contributed by atoms with Crippen LogP contribution in [0.4, 0.5) is 0 Å². The van der Waals surface area contributed by atoms with Gasteiger partial charge in [0.15, 0.2) is 0 Å². The third kappa shape index (κ3) is 8.14. The van der Waals surface area contributed by atoms with Crippen LogP contribution in [-0.2, 0) is 20.8 Å². The minimum absolute atomic E-state index is 0.141. The number of rotatable bonds is 11. The van der Waals surface area contributed by atoms with Crippen LogP contribution < -0.4 is 10.6 Å². The largest absolute Gasteiger partial charge is 0.508 e. The first-order valence-corrected chi connectivity index (χ1v) is 12.0. The van der Waals surface area contributed by atoms with Crippen molar-refractivity contribution >= 4 is 39.7 Å². The van der Waals surface area contributed by atoms with E-state index in [-0.39, 0.29) is 17.6 Å². The normalized spacial score (nSPS) is 18.2. The molecule has 28 heavy (non-hydrogen) atoms. The number of hydrogen-bond acceptors (Lipinski definition) is 6. The zero-order valence-corrected chi connectivity index (χ0v) is 17.7. The summed E-state index contributed by atoms with van der Waals surface area (Å²) in [5, 5.41) is 15.5. The van der Waals surface area contributed by atoms with Gasteiger partial charge < -0.3 is 20.5 Å². The lowest BCUT2D eigenvalue weighted by Gasteiger charge is -2.20. The SMILES string of the molecule is CC(C=O)NC(=O)C(Cc1ccc(O)cc1)NC(=O)CCCCC1CCSS1. The molecule has 3 atom stereocenters. The first-order chi connectivity index (χ1) is 13.5. The topological polar surface area (TPSA) is 95.5 Å². The van der Waals surface area contributed by atoms with Gasteiger partial charge in [-0.3, -0.25) is 9.59 Å². The molecule has 0 spiro atoms. The zero-order valence-electron chi connectivity index (χ0n) is 16.1. The summed E-state index contributed by atoms with van der Waals surface area (Å²) in [6, 6.07) is 5.12. The van der Waals surface area contributed by atoms with Crippen molar-refractivity contribution in [1.82, 2.24) is 10.6 Å². The van der Waals surface area contributed by atoms with Gasteiger partial charge in [0, 0.05) is 23.8 Å². The van der Waals surface area contributed by atoms with Gasteiger partial charge in [-0.1, -0.05) is 40.1 Å². The summed E-state index contributed by atoms with van der Waals surface area (Å²) in [6.07, 6.45) is 5.49. The molecule has 0 aromatic heterocycles. The average molecular weight is 425 g/mol. The smallest absolute Gasteiger partial charge is 0.243 e. The Hall–Kier alpha value is -1.67. The number of carbonyl (C=O) groups excluding carboxylic acids is 3. The zero-order chi connectivity index (χ0) is 20.4. The molecule has 0 aliphatic carbocycles. The molecule has 1 heterocycles. The molecule has 3 N–H and O–H groups in total. The molecular formula is C20H28N2O4S2. The van der Waals surface area contributed by atoms with Crippen molar-refractivity contribution in [3.05, 3.63) is 29.8 Å². The van der Waals surface area contributed by atoms with Crippen LogP contribution in [0.5, 0.6) is 5.75 Å². The number of benzene rings is 1. The van der Waals surface area contributed by atoms with E-state index in [0.29, 0.717) is 24.4 Å². The van der Waals surface area contributed by atoms with Gasteiger partial charge in [-0.2, -0.15) is 0 Å². The second-order valence-electron chi connectivity index (χ2n) is 7.00. The molecule has 154 valence electrons. The molecular weight excluding hydrogens is 396 g/mol. The molecule has 2 rings (SSSR count). The number of aromatic hydroxyl groups is 1. The van der Waals surface area contributed by atoms with Crippen molar-refractivity contribution in [1.29, 1.82) is 0 Å². The molecule has 1 saturated heterocycles. The van der Waals surface area contributed by atoms with E-state index in [1.807, 2.05) is 21.6 Å². The number of phenols is 1. The number of unbranched alkanes of at least 4 members (excludes halogenated alkanes) is 1. The van der Waals surface area contributed by atoms with Crippen LogP contribution in [0, 0.1) is 0 Å². The van der Waals surface area contributed by atoms with Crippen LogP contribution in [0.15, 0.2) is 24.3 Å². The summed E-state index contributed by atoms with van der Waals surface area (Å²) in [6.45, 7) is 1.59. The van der Waals surface area contributed by atoms with Crippen LogP contribution in [0.1, 0.15) is 44.6 Å². The number of amides is 2. The summed E-state index contributed by atoms with van der Waals surface area (Å²) < 4.78 is 0. The second kappa shape index (κ2) is 12.0. The molecule has 6 nitrogen and oxygen atoms in total. The van der Waals surface area contributed by atoms with Crippen molar-refractivity contribution in [3.63, 3.8) is 0 Å². The van der Waals surface area contributed by atoms with Gasteiger partial charge in [0.1, 0.15) is 18.1 Å². The fourth-order valence-corrected chi connectivity index (χ4v) is 5.95. The van der Waals surface area contributed by atoms with Crippen molar-refractivity contribution in [2.24, 2.45) is 0 Å². The Morgan fingerprint density at radius 3 is 2.64 bits per heavy atom. The van der Waals surface area contributed by atoms with Crippen molar-refractivity contribution < 1.29 is 19.5 Å². The Kier molecular flexibility index (Phi) is 9.70. The fourth-order valence-electron chi connectivity index (χ4n) is 2.92. The van der Waals surface area contributed by atoms with E-state index in [1.54, 1.807) is 31.2 Å². The van der Waals surface area contributed by atoms with Crippen LogP contribution in [-0.4, -0.2) is 46.3 Å². The number of hydrogen-bond donors (Lipinski definition) is 3. The molecule has 0 radical (unpaired) electrons. The third-order valence-corrected chi connectivity index (χ3v) is 7.52. The summed E-state index contributed by atoms with van der Waals surface area (Å²) in [5.41, 5.74) is 0.813. The Bertz CT molecular complexity index is 648. The predicted molar refractivity (Wildman–Crippen MR) is 114 cm³/mol. The number of phenolic OH excluding ortho intramolecular Hbond substituents is 1. The minimum atomic E-state index is -0.763. The molecule has 8 heteroatoms. The van der Waals surface area contributed by atoms with E-state index in [0.717, 1.165) is 24.8 Å². The van der Waals surface area contributed by atoms with Crippen LogP contribution in [0.25, 0.3) is 0 Å². The Labute approximate surface area is 174 Å². The van der Waals surface area contributed by atoms with E-state index < -0.39 is 12.1 Å². The fraction of sp³-hybridized carbons (Fsp3) is 0.550. The van der Waals surface area contributed by atoms with Crippen LogP contribution >= 0.6 is 21.6 Å². The van der Waals surface area contributed by atoms with Crippen molar-refractivity contribution in [2.75, 3.05) is 5.75 Å². The molecule has 1 aliphatic heterocycles. The first kappa shape index (κ1) is 22.6. The molecule has 1 aromatic rings.